The molecule has 78 valence electrons. The van der Waals surface area contributed by atoms with Gasteiger partial charge in [-0.2, -0.15) is 0 Å². The molecule has 1 aliphatic rings. The number of hydrogen-bond acceptors (Lipinski definition) is 2. The van der Waals surface area contributed by atoms with Crippen molar-refractivity contribution in [2.45, 2.75) is 58.8 Å². The van der Waals surface area contributed by atoms with E-state index in [1.54, 1.807) is 0 Å². The Balaban J connectivity index is 2.27. The molecule has 3 atom stereocenters. The Kier molecular flexibility index (Phi) is 4.20. The minimum absolute atomic E-state index is 0.398. The van der Waals surface area contributed by atoms with Gasteiger partial charge in [0.2, 0.25) is 0 Å². The van der Waals surface area contributed by atoms with Crippen LogP contribution in [-0.4, -0.2) is 24.8 Å². The lowest BCUT2D eigenvalue weighted by Gasteiger charge is -2.31. The maximum atomic E-state index is 5.98. The average molecular weight is 185 g/mol. The predicted molar refractivity (Wildman–Crippen MR) is 55.9 cm³/mol. The van der Waals surface area contributed by atoms with Gasteiger partial charge in [-0.15, -0.1) is 0 Å². The van der Waals surface area contributed by atoms with Gasteiger partial charge >= 0.3 is 0 Å². The first kappa shape index (κ1) is 11.0. The van der Waals surface area contributed by atoms with Crippen LogP contribution in [0.15, 0.2) is 0 Å². The normalized spacial score (nSPS) is 32.1. The molecule has 1 saturated heterocycles. The van der Waals surface area contributed by atoms with Gasteiger partial charge in [-0.05, 0) is 39.2 Å². The molecule has 0 spiro atoms. The highest BCUT2D eigenvalue weighted by Crippen LogP contribution is 2.17. The van der Waals surface area contributed by atoms with Crippen LogP contribution in [0.1, 0.15) is 40.5 Å². The van der Waals surface area contributed by atoms with Gasteiger partial charge in [0.25, 0.3) is 0 Å². The first-order chi connectivity index (χ1) is 6.09. The lowest BCUT2D eigenvalue weighted by Crippen LogP contribution is -2.40. The zero-order valence-corrected chi connectivity index (χ0v) is 9.34. The van der Waals surface area contributed by atoms with E-state index in [0.717, 1.165) is 13.0 Å². The standard InChI is InChI=1S/C11H23NO/c1-8(2)10(4)13-11-5-6-12-9(3)7-11/h8-12H,5-7H2,1-4H3. The van der Waals surface area contributed by atoms with Crippen molar-refractivity contribution >= 4 is 0 Å². The van der Waals surface area contributed by atoms with E-state index in [1.807, 2.05) is 0 Å². The quantitative estimate of drug-likeness (QED) is 0.727. The lowest BCUT2D eigenvalue weighted by atomic mass is 10.0. The summed E-state index contributed by atoms with van der Waals surface area (Å²) in [6.45, 7) is 9.95. The van der Waals surface area contributed by atoms with Crippen molar-refractivity contribution in [3.8, 4) is 0 Å². The van der Waals surface area contributed by atoms with Gasteiger partial charge in [-0.1, -0.05) is 13.8 Å². The molecular weight excluding hydrogens is 162 g/mol. The van der Waals surface area contributed by atoms with Crippen LogP contribution in [0, 0.1) is 5.92 Å². The van der Waals surface area contributed by atoms with Crippen LogP contribution in [-0.2, 0) is 4.74 Å². The summed E-state index contributed by atoms with van der Waals surface area (Å²) in [5, 5.41) is 3.43. The fourth-order valence-electron chi connectivity index (χ4n) is 1.67. The number of piperidine rings is 1. The molecule has 2 nitrogen and oxygen atoms in total. The monoisotopic (exact) mass is 185 g/mol. The molecule has 0 aliphatic carbocycles. The maximum absolute atomic E-state index is 5.98. The molecular formula is C11H23NO. The first-order valence-corrected chi connectivity index (χ1v) is 5.48. The van der Waals surface area contributed by atoms with E-state index in [0.29, 0.717) is 24.2 Å². The third kappa shape index (κ3) is 3.65. The van der Waals surface area contributed by atoms with Crippen LogP contribution >= 0.6 is 0 Å². The molecule has 0 amide bonds. The minimum Gasteiger partial charge on any atom is -0.375 e. The van der Waals surface area contributed by atoms with Crippen LogP contribution in [0.2, 0.25) is 0 Å². The smallest absolute Gasteiger partial charge is 0.0605 e. The van der Waals surface area contributed by atoms with Crippen molar-refractivity contribution in [3.63, 3.8) is 0 Å². The summed E-state index contributed by atoms with van der Waals surface area (Å²) in [5.41, 5.74) is 0. The fourth-order valence-corrected chi connectivity index (χ4v) is 1.67. The molecule has 0 bridgehead atoms. The second-order valence-electron chi connectivity index (χ2n) is 4.59. The largest absolute Gasteiger partial charge is 0.375 e. The molecule has 1 heterocycles. The van der Waals surface area contributed by atoms with Crippen LogP contribution in [0.5, 0.6) is 0 Å². The van der Waals surface area contributed by atoms with E-state index in [9.17, 15) is 0 Å². The molecule has 0 radical (unpaired) electrons. The van der Waals surface area contributed by atoms with E-state index >= 15 is 0 Å². The van der Waals surface area contributed by atoms with Crippen LogP contribution in [0.4, 0.5) is 0 Å². The SMILES string of the molecule is CC1CC(OC(C)C(C)C)CCN1. The van der Waals surface area contributed by atoms with Crippen molar-refractivity contribution in [1.29, 1.82) is 0 Å². The van der Waals surface area contributed by atoms with Gasteiger partial charge in [0.05, 0.1) is 12.2 Å². The molecule has 0 saturated carbocycles. The summed E-state index contributed by atoms with van der Waals surface area (Å²) in [6, 6.07) is 0.623. The Hall–Kier alpha value is -0.0800. The Morgan fingerprint density at radius 3 is 2.54 bits per heavy atom. The highest BCUT2D eigenvalue weighted by atomic mass is 16.5. The highest BCUT2D eigenvalue weighted by Gasteiger charge is 2.21. The van der Waals surface area contributed by atoms with Gasteiger partial charge < -0.3 is 10.1 Å². The van der Waals surface area contributed by atoms with E-state index in [-0.39, 0.29) is 0 Å². The van der Waals surface area contributed by atoms with Crippen LogP contribution in [0.25, 0.3) is 0 Å². The fraction of sp³-hybridized carbons (Fsp3) is 1.00. The Labute approximate surface area is 82.0 Å². The lowest BCUT2D eigenvalue weighted by molar-refractivity contribution is -0.0435. The second kappa shape index (κ2) is 4.97. The van der Waals surface area contributed by atoms with E-state index in [4.69, 9.17) is 4.74 Å². The molecule has 13 heavy (non-hydrogen) atoms. The van der Waals surface area contributed by atoms with Gasteiger partial charge in [-0.25, -0.2) is 0 Å². The molecule has 1 rings (SSSR count). The third-order valence-corrected chi connectivity index (χ3v) is 2.92. The summed E-state index contributed by atoms with van der Waals surface area (Å²) in [5.74, 6) is 0.630. The summed E-state index contributed by atoms with van der Waals surface area (Å²) < 4.78 is 5.98. The number of ether oxygens (including phenoxy) is 1. The molecule has 0 aromatic heterocycles. The summed E-state index contributed by atoms with van der Waals surface area (Å²) in [4.78, 5) is 0. The van der Waals surface area contributed by atoms with E-state index in [1.165, 1.54) is 6.42 Å². The average Bonchev–Trinajstić information content (AvgIpc) is 2.04. The van der Waals surface area contributed by atoms with Crippen LogP contribution in [0.3, 0.4) is 0 Å². The zero-order chi connectivity index (χ0) is 9.84. The summed E-state index contributed by atoms with van der Waals surface area (Å²) >= 11 is 0. The topological polar surface area (TPSA) is 21.3 Å². The number of rotatable bonds is 3. The van der Waals surface area contributed by atoms with Gasteiger partial charge in [0.1, 0.15) is 0 Å². The maximum Gasteiger partial charge on any atom is 0.0605 e. The molecule has 0 aromatic carbocycles. The van der Waals surface area contributed by atoms with E-state index in [2.05, 4.69) is 33.0 Å². The predicted octanol–water partition coefficient (Wildman–Crippen LogP) is 2.19. The zero-order valence-electron chi connectivity index (χ0n) is 9.34. The van der Waals surface area contributed by atoms with Crippen molar-refractivity contribution in [1.82, 2.24) is 5.32 Å². The Bertz CT molecular complexity index is 147. The number of hydrogen-bond donors (Lipinski definition) is 1. The molecule has 2 heteroatoms. The molecule has 3 unspecified atom stereocenters. The van der Waals surface area contributed by atoms with Crippen LogP contribution < -0.4 is 5.32 Å². The summed E-state index contributed by atoms with van der Waals surface area (Å²) in [6.07, 6.45) is 3.21. The Morgan fingerprint density at radius 2 is 2.00 bits per heavy atom. The minimum atomic E-state index is 0.398. The van der Waals surface area contributed by atoms with Crippen molar-refractivity contribution in [2.75, 3.05) is 6.54 Å². The Morgan fingerprint density at radius 1 is 1.31 bits per heavy atom. The molecule has 1 N–H and O–H groups in total. The number of nitrogens with one attached hydrogen (secondary N) is 1. The van der Waals surface area contributed by atoms with Crippen molar-refractivity contribution in [2.24, 2.45) is 5.92 Å². The molecule has 1 aliphatic heterocycles. The first-order valence-electron chi connectivity index (χ1n) is 5.48. The van der Waals surface area contributed by atoms with Gasteiger partial charge in [-0.3, -0.25) is 0 Å². The summed E-state index contributed by atoms with van der Waals surface area (Å²) in [7, 11) is 0. The third-order valence-electron chi connectivity index (χ3n) is 2.92. The van der Waals surface area contributed by atoms with Crippen molar-refractivity contribution < 1.29 is 4.74 Å². The molecule has 0 aromatic rings. The highest BCUT2D eigenvalue weighted by molar-refractivity contribution is 4.76. The van der Waals surface area contributed by atoms with Gasteiger partial charge in [0, 0.05) is 6.04 Å². The van der Waals surface area contributed by atoms with Crippen molar-refractivity contribution in [3.05, 3.63) is 0 Å². The second-order valence-corrected chi connectivity index (χ2v) is 4.59. The molecule has 1 fully saturated rings. The van der Waals surface area contributed by atoms with E-state index < -0.39 is 0 Å². The van der Waals surface area contributed by atoms with Gasteiger partial charge in [0.15, 0.2) is 0 Å².